The highest BCUT2D eigenvalue weighted by Crippen LogP contribution is 2.30. The van der Waals surface area contributed by atoms with Crippen LogP contribution < -0.4 is 19.6 Å². The van der Waals surface area contributed by atoms with E-state index >= 15 is 0 Å². The molecular weight excluding hydrogens is 452 g/mol. The fourth-order valence-electron chi connectivity index (χ4n) is 3.70. The second kappa shape index (κ2) is 9.84. The van der Waals surface area contributed by atoms with Gasteiger partial charge >= 0.3 is 11.9 Å². The van der Waals surface area contributed by atoms with Crippen LogP contribution in [0.15, 0.2) is 88.3 Å². The highest BCUT2D eigenvalue weighted by molar-refractivity contribution is 7.07. The SMILES string of the molecule is C=CCOC(=O)C1=C(C)N=c2s/c(=C/c3ccc(OC(C)=O)cc3)c(=O)n2[C@@H]1c1ccccc1. The molecule has 4 rings (SSSR count). The first kappa shape index (κ1) is 23.1. The minimum Gasteiger partial charge on any atom is -0.458 e. The van der Waals surface area contributed by atoms with Crippen molar-refractivity contribution in [2.45, 2.75) is 19.9 Å². The highest BCUT2D eigenvalue weighted by Gasteiger charge is 2.33. The first-order chi connectivity index (χ1) is 16.4. The van der Waals surface area contributed by atoms with Crippen molar-refractivity contribution in [2.75, 3.05) is 6.61 Å². The van der Waals surface area contributed by atoms with Gasteiger partial charge in [-0.2, -0.15) is 0 Å². The summed E-state index contributed by atoms with van der Waals surface area (Å²) in [5.41, 5.74) is 2.10. The third-order valence-corrected chi connectivity index (χ3v) is 6.11. The highest BCUT2D eigenvalue weighted by atomic mass is 32.1. The molecule has 0 N–H and O–H groups in total. The Hall–Kier alpha value is -4.04. The van der Waals surface area contributed by atoms with Gasteiger partial charge in [0.1, 0.15) is 12.4 Å². The van der Waals surface area contributed by atoms with Gasteiger partial charge in [0.15, 0.2) is 4.80 Å². The Balaban J connectivity index is 1.84. The number of esters is 2. The van der Waals surface area contributed by atoms with E-state index in [4.69, 9.17) is 9.47 Å². The van der Waals surface area contributed by atoms with Gasteiger partial charge in [-0.05, 0) is 36.3 Å². The molecule has 0 radical (unpaired) electrons. The van der Waals surface area contributed by atoms with E-state index in [-0.39, 0.29) is 12.2 Å². The number of ether oxygens (including phenoxy) is 2. The third kappa shape index (κ3) is 4.67. The lowest BCUT2D eigenvalue weighted by Gasteiger charge is -2.24. The van der Waals surface area contributed by atoms with Gasteiger partial charge in [-0.3, -0.25) is 14.2 Å². The number of nitrogens with zero attached hydrogens (tertiary/aromatic N) is 2. The number of hydrogen-bond acceptors (Lipinski definition) is 7. The molecule has 0 saturated carbocycles. The number of allylic oxidation sites excluding steroid dienone is 1. The Morgan fingerprint density at radius 2 is 1.85 bits per heavy atom. The van der Waals surface area contributed by atoms with E-state index < -0.39 is 18.0 Å². The van der Waals surface area contributed by atoms with Gasteiger partial charge in [0.2, 0.25) is 0 Å². The van der Waals surface area contributed by atoms with Gasteiger partial charge in [-0.25, -0.2) is 9.79 Å². The molecule has 1 aliphatic rings. The summed E-state index contributed by atoms with van der Waals surface area (Å²) in [7, 11) is 0. The summed E-state index contributed by atoms with van der Waals surface area (Å²) >= 11 is 1.25. The first-order valence-corrected chi connectivity index (χ1v) is 11.3. The van der Waals surface area contributed by atoms with Crippen LogP contribution in [0.2, 0.25) is 0 Å². The van der Waals surface area contributed by atoms with Crippen LogP contribution in [0.5, 0.6) is 5.75 Å². The quantitative estimate of drug-likeness (QED) is 0.312. The van der Waals surface area contributed by atoms with Crippen molar-refractivity contribution in [3.8, 4) is 5.75 Å². The maximum Gasteiger partial charge on any atom is 0.338 e. The summed E-state index contributed by atoms with van der Waals surface area (Å²) in [4.78, 5) is 42.6. The van der Waals surface area contributed by atoms with Crippen molar-refractivity contribution in [3.63, 3.8) is 0 Å². The van der Waals surface area contributed by atoms with Gasteiger partial charge < -0.3 is 9.47 Å². The van der Waals surface area contributed by atoms with E-state index in [1.54, 1.807) is 37.3 Å². The van der Waals surface area contributed by atoms with Crippen LogP contribution in [0.4, 0.5) is 0 Å². The molecule has 0 aliphatic carbocycles. The molecule has 172 valence electrons. The fraction of sp³-hybridized carbons (Fsp3) is 0.154. The average molecular weight is 475 g/mol. The number of thiazole rings is 1. The number of carbonyl (C=O) groups excluding carboxylic acids is 2. The Labute approximate surface area is 199 Å². The van der Waals surface area contributed by atoms with Crippen molar-refractivity contribution in [1.82, 2.24) is 4.57 Å². The zero-order chi connectivity index (χ0) is 24.2. The summed E-state index contributed by atoms with van der Waals surface area (Å²) in [5, 5.41) is 0. The molecule has 1 aliphatic heterocycles. The smallest absolute Gasteiger partial charge is 0.338 e. The summed E-state index contributed by atoms with van der Waals surface area (Å²) in [6, 6.07) is 15.5. The van der Waals surface area contributed by atoms with Crippen LogP contribution in [-0.4, -0.2) is 23.1 Å². The number of rotatable bonds is 6. The molecular formula is C26H22N2O5S. The van der Waals surface area contributed by atoms with Gasteiger partial charge in [0.25, 0.3) is 5.56 Å². The zero-order valence-electron chi connectivity index (χ0n) is 18.7. The minimum atomic E-state index is -0.664. The van der Waals surface area contributed by atoms with E-state index in [2.05, 4.69) is 11.6 Å². The summed E-state index contributed by atoms with van der Waals surface area (Å²) in [5.74, 6) is -0.515. The Kier molecular flexibility index (Phi) is 6.70. The van der Waals surface area contributed by atoms with E-state index in [1.165, 1.54) is 28.9 Å². The number of benzene rings is 2. The van der Waals surface area contributed by atoms with Crippen molar-refractivity contribution < 1.29 is 19.1 Å². The molecule has 8 heteroatoms. The second-order valence-corrected chi connectivity index (χ2v) is 8.55. The Morgan fingerprint density at radius 1 is 1.15 bits per heavy atom. The third-order valence-electron chi connectivity index (χ3n) is 5.13. The second-order valence-electron chi connectivity index (χ2n) is 7.54. The summed E-state index contributed by atoms with van der Waals surface area (Å²) in [6.45, 7) is 6.72. The van der Waals surface area contributed by atoms with Crippen molar-refractivity contribution in [1.29, 1.82) is 0 Å². The monoisotopic (exact) mass is 474 g/mol. The molecule has 0 unspecified atom stereocenters. The predicted molar refractivity (Wildman–Crippen MR) is 129 cm³/mol. The molecule has 0 spiro atoms. The summed E-state index contributed by atoms with van der Waals surface area (Å²) in [6.07, 6.45) is 3.24. The van der Waals surface area contributed by atoms with Crippen LogP contribution in [0, 0.1) is 0 Å². The molecule has 0 amide bonds. The van der Waals surface area contributed by atoms with Crippen LogP contribution in [0.3, 0.4) is 0 Å². The average Bonchev–Trinajstić information content (AvgIpc) is 3.12. The van der Waals surface area contributed by atoms with E-state index in [1.807, 2.05) is 30.3 Å². The molecule has 3 aromatic rings. The van der Waals surface area contributed by atoms with Gasteiger partial charge in [0.05, 0.1) is 21.8 Å². The minimum absolute atomic E-state index is 0.0604. The van der Waals surface area contributed by atoms with Gasteiger partial charge in [-0.15, -0.1) is 0 Å². The fourth-order valence-corrected chi connectivity index (χ4v) is 4.74. The largest absolute Gasteiger partial charge is 0.458 e. The van der Waals surface area contributed by atoms with E-state index in [9.17, 15) is 14.4 Å². The van der Waals surface area contributed by atoms with Crippen LogP contribution in [0.25, 0.3) is 6.08 Å². The molecule has 1 aromatic heterocycles. The van der Waals surface area contributed by atoms with Crippen molar-refractivity contribution >= 4 is 29.4 Å². The maximum atomic E-state index is 13.5. The topological polar surface area (TPSA) is 87.0 Å². The number of fused-ring (bicyclic) bond motifs is 1. The molecule has 0 bridgehead atoms. The molecule has 0 saturated heterocycles. The summed E-state index contributed by atoms with van der Waals surface area (Å²) < 4.78 is 12.4. The number of aromatic nitrogens is 1. The predicted octanol–water partition coefficient (Wildman–Crippen LogP) is 2.89. The van der Waals surface area contributed by atoms with Crippen LogP contribution >= 0.6 is 11.3 Å². The normalized spacial score (nSPS) is 15.4. The maximum absolute atomic E-state index is 13.5. The molecule has 7 nitrogen and oxygen atoms in total. The standard InChI is InChI=1S/C26H22N2O5S/c1-4-14-32-25(31)22-16(2)27-26-28(23(22)19-8-6-5-7-9-19)24(30)21(34-26)15-18-10-12-20(13-11-18)33-17(3)29/h4-13,15,23H,1,14H2,2-3H3/b21-15+/t23-/m1/s1. The first-order valence-electron chi connectivity index (χ1n) is 10.5. The molecule has 34 heavy (non-hydrogen) atoms. The molecule has 1 atom stereocenters. The van der Waals surface area contributed by atoms with Crippen molar-refractivity contribution in [2.24, 2.45) is 4.99 Å². The van der Waals surface area contributed by atoms with Crippen molar-refractivity contribution in [3.05, 3.63) is 109 Å². The zero-order valence-corrected chi connectivity index (χ0v) is 19.5. The van der Waals surface area contributed by atoms with E-state index in [0.717, 1.165) is 11.1 Å². The lowest BCUT2D eigenvalue weighted by molar-refractivity contribution is -0.138. The van der Waals surface area contributed by atoms with Crippen LogP contribution in [0.1, 0.15) is 31.0 Å². The van der Waals surface area contributed by atoms with Crippen LogP contribution in [-0.2, 0) is 14.3 Å². The number of hydrogen-bond donors (Lipinski definition) is 0. The lowest BCUT2D eigenvalue weighted by atomic mass is 9.96. The van der Waals surface area contributed by atoms with Gasteiger partial charge in [-0.1, -0.05) is 66.5 Å². The molecule has 2 aromatic carbocycles. The van der Waals surface area contributed by atoms with E-state index in [0.29, 0.717) is 26.4 Å². The van der Waals surface area contributed by atoms with Gasteiger partial charge in [0, 0.05) is 6.92 Å². The Morgan fingerprint density at radius 3 is 2.50 bits per heavy atom. The molecule has 0 fully saturated rings. The lowest BCUT2D eigenvalue weighted by Crippen LogP contribution is -2.39. The Bertz CT molecular complexity index is 1460. The molecule has 2 heterocycles. The number of carbonyl (C=O) groups is 2.